The van der Waals surface area contributed by atoms with Gasteiger partial charge in [0.05, 0.1) is 7.11 Å². The summed E-state index contributed by atoms with van der Waals surface area (Å²) in [6.07, 6.45) is 0.758. The van der Waals surface area contributed by atoms with Crippen molar-refractivity contribution in [1.82, 2.24) is 5.32 Å². The van der Waals surface area contributed by atoms with Crippen molar-refractivity contribution in [1.29, 1.82) is 0 Å². The Morgan fingerprint density at radius 2 is 2.10 bits per heavy atom. The maximum atomic E-state index is 13.7. The Morgan fingerprint density at radius 3 is 2.60 bits per heavy atom. The summed E-state index contributed by atoms with van der Waals surface area (Å²) in [5.74, 6) is -1.86. The van der Waals surface area contributed by atoms with Crippen LogP contribution in [0.4, 0.5) is 14.5 Å². The molecule has 2 atom stereocenters. The van der Waals surface area contributed by atoms with E-state index < -0.39 is 23.6 Å². The van der Waals surface area contributed by atoms with Crippen molar-refractivity contribution < 1.29 is 18.3 Å². The van der Waals surface area contributed by atoms with Crippen LogP contribution in [0.2, 0.25) is 0 Å². The second-order valence-electron chi connectivity index (χ2n) is 4.72. The van der Waals surface area contributed by atoms with Crippen molar-refractivity contribution in [2.45, 2.75) is 32.9 Å². The lowest BCUT2D eigenvalue weighted by Gasteiger charge is -2.22. The summed E-state index contributed by atoms with van der Waals surface area (Å²) in [6, 6.07) is 1.26. The third-order valence-corrected chi connectivity index (χ3v) is 3.36. The molecule has 3 N–H and O–H groups in total. The molecule has 0 aliphatic carbocycles. The van der Waals surface area contributed by atoms with Gasteiger partial charge in [-0.2, -0.15) is 0 Å². The molecular weight excluding hydrogens is 266 g/mol. The third-order valence-electron chi connectivity index (χ3n) is 3.36. The molecule has 1 aromatic carbocycles. The molecule has 0 aliphatic rings. The van der Waals surface area contributed by atoms with Crippen LogP contribution < -0.4 is 11.1 Å². The van der Waals surface area contributed by atoms with Gasteiger partial charge < -0.3 is 10.5 Å². The van der Waals surface area contributed by atoms with E-state index in [9.17, 15) is 13.6 Å². The Morgan fingerprint density at radius 1 is 1.45 bits per heavy atom. The van der Waals surface area contributed by atoms with E-state index in [0.717, 1.165) is 18.6 Å². The van der Waals surface area contributed by atoms with E-state index in [1.807, 2.05) is 13.8 Å². The minimum Gasteiger partial charge on any atom is -0.468 e. The zero-order valence-corrected chi connectivity index (χ0v) is 11.9. The molecular formula is C14H20F2N2O2. The fourth-order valence-corrected chi connectivity index (χ4v) is 1.90. The lowest BCUT2D eigenvalue weighted by atomic mass is 9.99. The number of nitrogens with one attached hydrogen (secondary N) is 1. The highest BCUT2D eigenvalue weighted by Gasteiger charge is 2.25. The summed E-state index contributed by atoms with van der Waals surface area (Å²) < 4.78 is 31.3. The van der Waals surface area contributed by atoms with E-state index in [0.29, 0.717) is 0 Å². The molecule has 0 spiro atoms. The number of hydrogen-bond donors (Lipinski definition) is 2. The number of methoxy groups -OCH3 is 1. The third kappa shape index (κ3) is 3.90. The van der Waals surface area contributed by atoms with Crippen molar-refractivity contribution in [2.75, 3.05) is 12.8 Å². The number of esters is 1. The van der Waals surface area contributed by atoms with E-state index in [2.05, 4.69) is 5.32 Å². The summed E-state index contributed by atoms with van der Waals surface area (Å²) in [4.78, 5) is 11.7. The highest BCUT2D eigenvalue weighted by Crippen LogP contribution is 2.19. The summed E-state index contributed by atoms with van der Waals surface area (Å²) in [5.41, 5.74) is 5.75. The molecule has 0 bridgehead atoms. The number of nitrogen functional groups attached to an aromatic ring is 1. The Balaban J connectivity index is 2.85. The van der Waals surface area contributed by atoms with Gasteiger partial charge in [0.2, 0.25) is 0 Å². The number of carbonyl (C=O) groups excluding carboxylic acids is 1. The second-order valence-corrected chi connectivity index (χ2v) is 4.72. The van der Waals surface area contributed by atoms with E-state index >= 15 is 0 Å². The van der Waals surface area contributed by atoms with Crippen LogP contribution in [0.3, 0.4) is 0 Å². The summed E-state index contributed by atoms with van der Waals surface area (Å²) >= 11 is 0. The number of carbonyl (C=O) groups is 1. The molecule has 0 aromatic heterocycles. The average Bonchev–Trinajstić information content (AvgIpc) is 2.40. The number of anilines is 1. The molecule has 1 rings (SSSR count). The van der Waals surface area contributed by atoms with E-state index in [1.165, 1.54) is 7.11 Å². The SMILES string of the molecule is CC[C@H](C)[C@H](NCc1c(N)cc(F)cc1F)C(=O)OC. The molecule has 20 heavy (non-hydrogen) atoms. The van der Waals surface area contributed by atoms with Gasteiger partial charge in [0, 0.05) is 23.9 Å². The van der Waals surface area contributed by atoms with Crippen molar-refractivity contribution in [3.05, 3.63) is 29.3 Å². The molecule has 0 radical (unpaired) electrons. The molecule has 0 unspecified atom stereocenters. The van der Waals surface area contributed by atoms with Crippen LogP contribution >= 0.6 is 0 Å². The maximum absolute atomic E-state index is 13.7. The Hall–Kier alpha value is -1.69. The van der Waals surface area contributed by atoms with Crippen LogP contribution in [0.25, 0.3) is 0 Å². The number of halogens is 2. The predicted octanol–water partition coefficient (Wildman–Crippen LogP) is 2.22. The largest absolute Gasteiger partial charge is 0.468 e. The lowest BCUT2D eigenvalue weighted by Crippen LogP contribution is -2.42. The predicted molar refractivity (Wildman–Crippen MR) is 72.9 cm³/mol. The van der Waals surface area contributed by atoms with Gasteiger partial charge >= 0.3 is 5.97 Å². The van der Waals surface area contributed by atoms with Gasteiger partial charge in [-0.1, -0.05) is 20.3 Å². The minimum atomic E-state index is -0.734. The molecule has 0 aliphatic heterocycles. The molecule has 1 aromatic rings. The van der Waals surface area contributed by atoms with Gasteiger partial charge in [-0.3, -0.25) is 10.1 Å². The van der Waals surface area contributed by atoms with Gasteiger partial charge in [0.1, 0.15) is 17.7 Å². The quantitative estimate of drug-likeness (QED) is 0.622. The molecule has 0 saturated carbocycles. The highest BCUT2D eigenvalue weighted by atomic mass is 19.1. The van der Waals surface area contributed by atoms with Gasteiger partial charge in [-0.25, -0.2) is 8.78 Å². The number of benzene rings is 1. The number of ether oxygens (including phenoxy) is 1. The number of rotatable bonds is 6. The van der Waals surface area contributed by atoms with Gasteiger partial charge in [0.15, 0.2) is 0 Å². The van der Waals surface area contributed by atoms with Crippen LogP contribution in [0, 0.1) is 17.6 Å². The number of hydrogen-bond acceptors (Lipinski definition) is 4. The van der Waals surface area contributed by atoms with Crippen LogP contribution in [0.1, 0.15) is 25.8 Å². The normalized spacial score (nSPS) is 13.8. The van der Waals surface area contributed by atoms with Gasteiger partial charge in [-0.05, 0) is 12.0 Å². The zero-order valence-electron chi connectivity index (χ0n) is 11.9. The van der Waals surface area contributed by atoms with E-state index in [-0.39, 0.29) is 23.7 Å². The molecule has 0 fully saturated rings. The van der Waals surface area contributed by atoms with E-state index in [1.54, 1.807) is 0 Å². The molecule has 4 nitrogen and oxygen atoms in total. The van der Waals surface area contributed by atoms with Crippen LogP contribution in [-0.2, 0) is 16.1 Å². The fraction of sp³-hybridized carbons (Fsp3) is 0.500. The van der Waals surface area contributed by atoms with E-state index in [4.69, 9.17) is 10.5 Å². The molecule has 0 heterocycles. The maximum Gasteiger partial charge on any atom is 0.323 e. The topological polar surface area (TPSA) is 64.3 Å². The van der Waals surface area contributed by atoms with Crippen molar-refractivity contribution in [3.8, 4) is 0 Å². The molecule has 6 heteroatoms. The smallest absolute Gasteiger partial charge is 0.323 e. The van der Waals surface area contributed by atoms with Crippen molar-refractivity contribution in [3.63, 3.8) is 0 Å². The standard InChI is InChI=1S/C14H20F2N2O2/c1-4-8(2)13(14(19)20-3)18-7-10-11(16)5-9(15)6-12(10)17/h5-6,8,13,18H,4,7,17H2,1-3H3/t8-,13-/m0/s1. The summed E-state index contributed by atoms with van der Waals surface area (Å²) in [6.45, 7) is 3.86. The first-order valence-corrected chi connectivity index (χ1v) is 6.45. The average molecular weight is 286 g/mol. The zero-order chi connectivity index (χ0) is 15.3. The van der Waals surface area contributed by atoms with Crippen molar-refractivity contribution in [2.24, 2.45) is 5.92 Å². The second kappa shape index (κ2) is 7.19. The fourth-order valence-electron chi connectivity index (χ4n) is 1.90. The number of nitrogens with two attached hydrogens (primary N) is 1. The highest BCUT2D eigenvalue weighted by molar-refractivity contribution is 5.76. The Bertz CT molecular complexity index is 457. The monoisotopic (exact) mass is 286 g/mol. The lowest BCUT2D eigenvalue weighted by molar-refractivity contribution is -0.144. The van der Waals surface area contributed by atoms with Crippen LogP contribution in [0.15, 0.2) is 12.1 Å². The molecule has 112 valence electrons. The van der Waals surface area contributed by atoms with Crippen LogP contribution in [-0.4, -0.2) is 19.1 Å². The minimum absolute atomic E-state index is 0.0165. The first-order valence-electron chi connectivity index (χ1n) is 6.45. The first-order chi connectivity index (χ1) is 9.40. The summed E-state index contributed by atoms with van der Waals surface area (Å²) in [7, 11) is 1.30. The Labute approximate surface area is 117 Å². The first kappa shape index (κ1) is 16.4. The molecule has 0 saturated heterocycles. The molecule has 0 amide bonds. The Kier molecular flexibility index (Phi) is 5.88. The van der Waals surface area contributed by atoms with Gasteiger partial charge in [0.25, 0.3) is 0 Å². The summed E-state index contributed by atoms with van der Waals surface area (Å²) in [5, 5.41) is 2.92. The van der Waals surface area contributed by atoms with Gasteiger partial charge in [-0.15, -0.1) is 0 Å². The van der Waals surface area contributed by atoms with Crippen molar-refractivity contribution >= 4 is 11.7 Å². The van der Waals surface area contributed by atoms with Crippen LogP contribution in [0.5, 0.6) is 0 Å².